The Hall–Kier alpha value is -1.29. The van der Waals surface area contributed by atoms with E-state index in [0.29, 0.717) is 23.6 Å². The lowest BCUT2D eigenvalue weighted by molar-refractivity contribution is 0.199. The van der Waals surface area contributed by atoms with Crippen LogP contribution in [-0.2, 0) is 11.1 Å². The molecule has 1 aliphatic rings. The van der Waals surface area contributed by atoms with Crippen LogP contribution in [0.25, 0.3) is 0 Å². The Kier molecular flexibility index (Phi) is 3.96. The van der Waals surface area contributed by atoms with E-state index in [1.807, 2.05) is 6.07 Å². The van der Waals surface area contributed by atoms with E-state index in [9.17, 15) is 4.39 Å². The lowest BCUT2D eigenvalue weighted by atomic mass is 9.62. The fourth-order valence-corrected chi connectivity index (χ4v) is 3.00. The Balaban J connectivity index is 2.64. The van der Waals surface area contributed by atoms with Crippen molar-refractivity contribution < 1.29 is 13.9 Å². The molecule has 0 aliphatic heterocycles. The predicted molar refractivity (Wildman–Crippen MR) is 78.3 cm³/mol. The highest BCUT2D eigenvalue weighted by Crippen LogP contribution is 2.49. The van der Waals surface area contributed by atoms with E-state index in [1.54, 1.807) is 34.1 Å². The summed E-state index contributed by atoms with van der Waals surface area (Å²) in [7, 11) is 3.16. The summed E-state index contributed by atoms with van der Waals surface area (Å²) in [4.78, 5) is 0. The van der Waals surface area contributed by atoms with Crippen LogP contribution in [0.5, 0.6) is 11.5 Å². The highest BCUT2D eigenvalue weighted by Gasteiger charge is 2.42. The Morgan fingerprint density at radius 3 is 2.10 bits per heavy atom. The molecule has 112 valence electrons. The van der Waals surface area contributed by atoms with Crippen LogP contribution in [0.2, 0.25) is 0 Å². The molecule has 1 fully saturated rings. The summed E-state index contributed by atoms with van der Waals surface area (Å²) in [6, 6.07) is 3.66. The molecule has 0 spiro atoms. The highest BCUT2D eigenvalue weighted by atomic mass is 19.1. The largest absolute Gasteiger partial charge is 0.493 e. The van der Waals surface area contributed by atoms with E-state index < -0.39 is 5.67 Å². The molecule has 2 N–H and O–H groups in total. The van der Waals surface area contributed by atoms with E-state index in [1.165, 1.54) is 0 Å². The van der Waals surface area contributed by atoms with Gasteiger partial charge in [-0.1, -0.05) is 6.42 Å². The Bertz CT molecular complexity index is 484. The second-order valence-electron chi connectivity index (χ2n) is 6.06. The third-order valence-electron chi connectivity index (χ3n) is 4.44. The lowest BCUT2D eigenvalue weighted by Gasteiger charge is -2.44. The summed E-state index contributed by atoms with van der Waals surface area (Å²) in [6.45, 7) is 3.67. The Labute approximate surface area is 120 Å². The van der Waals surface area contributed by atoms with Gasteiger partial charge in [0.25, 0.3) is 0 Å². The van der Waals surface area contributed by atoms with Gasteiger partial charge in [0.05, 0.1) is 14.2 Å². The fraction of sp³-hybridized carbons (Fsp3) is 0.625. The van der Waals surface area contributed by atoms with Crippen molar-refractivity contribution in [1.29, 1.82) is 0 Å². The molecule has 1 aliphatic carbocycles. The standard InChI is InChI=1S/C16H24FNO2/c1-15(2,17)11-8-13(19-3)14(20-4)9-12(11)16(10-18)6-5-7-16/h8-9H,5-7,10,18H2,1-4H3. The van der Waals surface area contributed by atoms with Crippen LogP contribution in [0.1, 0.15) is 44.2 Å². The van der Waals surface area contributed by atoms with Gasteiger partial charge in [-0.15, -0.1) is 0 Å². The van der Waals surface area contributed by atoms with Crippen LogP contribution in [0.4, 0.5) is 4.39 Å². The summed E-state index contributed by atoms with van der Waals surface area (Å²) in [6.07, 6.45) is 3.14. The van der Waals surface area contributed by atoms with Gasteiger partial charge in [-0.3, -0.25) is 0 Å². The van der Waals surface area contributed by atoms with Crippen molar-refractivity contribution in [2.24, 2.45) is 5.73 Å². The molecule has 0 amide bonds. The van der Waals surface area contributed by atoms with Crippen molar-refractivity contribution in [3.63, 3.8) is 0 Å². The third kappa shape index (κ3) is 2.37. The van der Waals surface area contributed by atoms with Gasteiger partial charge in [0.15, 0.2) is 11.5 Å². The maximum Gasteiger partial charge on any atom is 0.161 e. The van der Waals surface area contributed by atoms with E-state index >= 15 is 0 Å². The quantitative estimate of drug-likeness (QED) is 0.900. The number of methoxy groups -OCH3 is 2. The highest BCUT2D eigenvalue weighted by molar-refractivity contribution is 5.52. The second-order valence-corrected chi connectivity index (χ2v) is 6.06. The van der Waals surface area contributed by atoms with Crippen LogP contribution < -0.4 is 15.2 Å². The summed E-state index contributed by atoms with van der Waals surface area (Å²) in [5, 5.41) is 0. The molecule has 0 aromatic heterocycles. The molecular formula is C16H24FNO2. The number of ether oxygens (including phenoxy) is 2. The van der Waals surface area contributed by atoms with Crippen molar-refractivity contribution in [3.05, 3.63) is 23.3 Å². The van der Waals surface area contributed by atoms with Crippen molar-refractivity contribution in [2.45, 2.75) is 44.2 Å². The average Bonchev–Trinajstić information content (AvgIpc) is 2.36. The summed E-state index contributed by atoms with van der Waals surface area (Å²) in [5.41, 5.74) is 6.05. The van der Waals surface area contributed by atoms with Crippen LogP contribution in [0, 0.1) is 0 Å². The summed E-state index contributed by atoms with van der Waals surface area (Å²) in [5.74, 6) is 1.19. The normalized spacial score (nSPS) is 17.5. The molecule has 3 nitrogen and oxygen atoms in total. The van der Waals surface area contributed by atoms with Crippen LogP contribution in [0.3, 0.4) is 0 Å². The second kappa shape index (κ2) is 5.24. The summed E-state index contributed by atoms with van der Waals surface area (Å²) < 4.78 is 25.3. The molecule has 4 heteroatoms. The molecule has 0 radical (unpaired) electrons. The lowest BCUT2D eigenvalue weighted by Crippen LogP contribution is -2.43. The monoisotopic (exact) mass is 281 g/mol. The van der Waals surface area contributed by atoms with Crippen molar-refractivity contribution in [1.82, 2.24) is 0 Å². The van der Waals surface area contributed by atoms with Crippen molar-refractivity contribution in [2.75, 3.05) is 20.8 Å². The van der Waals surface area contributed by atoms with Gasteiger partial charge in [-0.25, -0.2) is 4.39 Å². The van der Waals surface area contributed by atoms with Crippen LogP contribution in [-0.4, -0.2) is 20.8 Å². The zero-order valence-electron chi connectivity index (χ0n) is 12.8. The minimum absolute atomic E-state index is 0.113. The molecule has 20 heavy (non-hydrogen) atoms. The summed E-state index contributed by atoms with van der Waals surface area (Å²) >= 11 is 0. The van der Waals surface area contributed by atoms with Crippen molar-refractivity contribution in [3.8, 4) is 11.5 Å². The molecule has 1 aromatic rings. The molecule has 2 rings (SSSR count). The number of nitrogens with two attached hydrogens (primary N) is 1. The molecule has 0 bridgehead atoms. The van der Waals surface area contributed by atoms with Gasteiger partial charge < -0.3 is 15.2 Å². The van der Waals surface area contributed by atoms with Gasteiger partial charge in [0.1, 0.15) is 5.67 Å². The third-order valence-corrected chi connectivity index (χ3v) is 4.44. The minimum atomic E-state index is -1.44. The first-order valence-corrected chi connectivity index (χ1v) is 7.04. The Morgan fingerprint density at radius 2 is 1.75 bits per heavy atom. The van der Waals surface area contributed by atoms with Gasteiger partial charge in [-0.2, -0.15) is 0 Å². The smallest absolute Gasteiger partial charge is 0.161 e. The molecule has 0 heterocycles. The van der Waals surface area contributed by atoms with Gasteiger partial charge >= 0.3 is 0 Å². The number of hydrogen-bond acceptors (Lipinski definition) is 3. The fourth-order valence-electron chi connectivity index (χ4n) is 3.00. The van der Waals surface area contributed by atoms with Crippen LogP contribution in [0.15, 0.2) is 12.1 Å². The molecule has 1 aromatic carbocycles. The first-order valence-electron chi connectivity index (χ1n) is 7.04. The number of alkyl halides is 1. The SMILES string of the molecule is COc1cc(C(C)(C)F)c(C2(CN)CCC2)cc1OC. The van der Waals surface area contributed by atoms with Gasteiger partial charge in [-0.05, 0) is 49.9 Å². The topological polar surface area (TPSA) is 44.5 Å². The van der Waals surface area contributed by atoms with E-state index in [2.05, 4.69) is 0 Å². The minimum Gasteiger partial charge on any atom is -0.493 e. The predicted octanol–water partition coefficient (Wildman–Crippen LogP) is 3.29. The maximum atomic E-state index is 14.6. The molecule has 1 saturated carbocycles. The zero-order chi connectivity index (χ0) is 15.0. The van der Waals surface area contributed by atoms with Gasteiger partial charge in [0, 0.05) is 12.0 Å². The first kappa shape index (κ1) is 15.1. The van der Waals surface area contributed by atoms with Gasteiger partial charge in [0.2, 0.25) is 0 Å². The Morgan fingerprint density at radius 1 is 1.20 bits per heavy atom. The maximum absolute atomic E-state index is 14.6. The van der Waals surface area contributed by atoms with E-state index in [4.69, 9.17) is 15.2 Å². The molecular weight excluding hydrogens is 257 g/mol. The van der Waals surface area contributed by atoms with Crippen molar-refractivity contribution >= 4 is 0 Å². The molecule has 0 atom stereocenters. The zero-order valence-corrected chi connectivity index (χ0v) is 12.8. The molecule has 0 unspecified atom stereocenters. The number of hydrogen-bond donors (Lipinski definition) is 1. The van der Waals surface area contributed by atoms with E-state index in [0.717, 1.165) is 24.8 Å². The van der Waals surface area contributed by atoms with E-state index in [-0.39, 0.29) is 5.41 Å². The average molecular weight is 281 g/mol. The first-order chi connectivity index (χ1) is 9.38. The number of rotatable bonds is 5. The van der Waals surface area contributed by atoms with Crippen LogP contribution >= 0.6 is 0 Å². The number of benzene rings is 1. The molecule has 0 saturated heterocycles. The number of halogens is 1.